The first-order chi connectivity index (χ1) is 19.5. The van der Waals surface area contributed by atoms with E-state index in [-0.39, 0.29) is 35.8 Å². The van der Waals surface area contributed by atoms with E-state index in [0.29, 0.717) is 30.2 Å². The van der Waals surface area contributed by atoms with Crippen molar-refractivity contribution in [3.63, 3.8) is 0 Å². The number of benzene rings is 2. The summed E-state index contributed by atoms with van der Waals surface area (Å²) in [6.07, 6.45) is 1.80. The van der Waals surface area contributed by atoms with Gasteiger partial charge in [-0.3, -0.25) is 14.5 Å². The van der Waals surface area contributed by atoms with Crippen LogP contribution in [0.3, 0.4) is 0 Å². The zero-order chi connectivity index (χ0) is 29.5. The monoisotopic (exact) mass is 582 g/mol. The SMILES string of the molecule is Cc1cccc(-n2nc(C(C)(C)C)c3c2N(CC(=O)NCC2CCCO2)C(=O)CSC3c2ccc(F)cc2F)c1C. The number of aromatic nitrogens is 2. The number of aryl methyl sites for hydroxylation is 1. The molecule has 0 aliphatic carbocycles. The predicted molar refractivity (Wildman–Crippen MR) is 157 cm³/mol. The van der Waals surface area contributed by atoms with Crippen LogP contribution in [0.2, 0.25) is 0 Å². The molecule has 0 spiro atoms. The van der Waals surface area contributed by atoms with Crippen LogP contribution < -0.4 is 10.2 Å². The van der Waals surface area contributed by atoms with E-state index in [1.807, 2.05) is 52.8 Å². The van der Waals surface area contributed by atoms with E-state index in [2.05, 4.69) is 5.32 Å². The van der Waals surface area contributed by atoms with Gasteiger partial charge >= 0.3 is 0 Å². The van der Waals surface area contributed by atoms with Crippen molar-refractivity contribution in [3.8, 4) is 5.69 Å². The van der Waals surface area contributed by atoms with Crippen molar-refractivity contribution < 1.29 is 23.1 Å². The summed E-state index contributed by atoms with van der Waals surface area (Å²) < 4.78 is 36.6. The fourth-order valence-electron chi connectivity index (χ4n) is 5.40. The quantitative estimate of drug-likeness (QED) is 0.414. The molecule has 0 saturated carbocycles. The van der Waals surface area contributed by atoms with Crippen LogP contribution in [0.5, 0.6) is 0 Å². The Morgan fingerprint density at radius 2 is 1.98 bits per heavy atom. The van der Waals surface area contributed by atoms with Crippen LogP contribution in [0.1, 0.15) is 66.8 Å². The van der Waals surface area contributed by atoms with E-state index in [4.69, 9.17) is 9.84 Å². The van der Waals surface area contributed by atoms with Crippen LogP contribution in [0.15, 0.2) is 36.4 Å². The minimum Gasteiger partial charge on any atom is -0.376 e. The van der Waals surface area contributed by atoms with E-state index < -0.39 is 22.3 Å². The molecule has 218 valence electrons. The van der Waals surface area contributed by atoms with Gasteiger partial charge in [-0.1, -0.05) is 39.0 Å². The average Bonchev–Trinajstić information content (AvgIpc) is 3.54. The maximum absolute atomic E-state index is 15.3. The molecule has 41 heavy (non-hydrogen) atoms. The van der Waals surface area contributed by atoms with Gasteiger partial charge in [-0.25, -0.2) is 13.5 Å². The van der Waals surface area contributed by atoms with E-state index in [9.17, 15) is 14.0 Å². The van der Waals surface area contributed by atoms with Crippen molar-refractivity contribution in [1.82, 2.24) is 15.1 Å². The van der Waals surface area contributed by atoms with Crippen molar-refractivity contribution in [3.05, 3.63) is 76.0 Å². The number of fused-ring (bicyclic) bond motifs is 1. The largest absolute Gasteiger partial charge is 0.376 e. The molecule has 2 atom stereocenters. The van der Waals surface area contributed by atoms with Gasteiger partial charge in [-0.2, -0.15) is 5.10 Å². The van der Waals surface area contributed by atoms with Gasteiger partial charge in [-0.15, -0.1) is 11.8 Å². The number of ether oxygens (including phenoxy) is 1. The van der Waals surface area contributed by atoms with Gasteiger partial charge in [0.2, 0.25) is 11.8 Å². The van der Waals surface area contributed by atoms with Crippen molar-refractivity contribution in [2.45, 2.75) is 64.2 Å². The Morgan fingerprint density at radius 1 is 1.20 bits per heavy atom. The fourth-order valence-corrected chi connectivity index (χ4v) is 6.62. The topological polar surface area (TPSA) is 76.5 Å². The second-order valence-electron chi connectivity index (χ2n) is 11.7. The highest BCUT2D eigenvalue weighted by molar-refractivity contribution is 8.00. The van der Waals surface area contributed by atoms with Crippen LogP contribution in [0, 0.1) is 25.5 Å². The number of thioether (sulfide) groups is 1. The van der Waals surface area contributed by atoms with Gasteiger partial charge in [0.05, 0.1) is 28.5 Å². The lowest BCUT2D eigenvalue weighted by Crippen LogP contribution is -2.44. The lowest BCUT2D eigenvalue weighted by molar-refractivity contribution is -0.123. The number of hydrogen-bond donors (Lipinski definition) is 1. The maximum Gasteiger partial charge on any atom is 0.240 e. The molecule has 0 radical (unpaired) electrons. The van der Waals surface area contributed by atoms with Gasteiger partial charge in [0.25, 0.3) is 0 Å². The number of nitrogens with one attached hydrogen (secondary N) is 1. The van der Waals surface area contributed by atoms with Crippen LogP contribution in [-0.2, 0) is 19.7 Å². The van der Waals surface area contributed by atoms with Gasteiger partial charge in [-0.05, 0) is 49.9 Å². The lowest BCUT2D eigenvalue weighted by atomic mass is 9.87. The number of anilines is 1. The molecule has 1 fully saturated rings. The summed E-state index contributed by atoms with van der Waals surface area (Å²) in [5, 5.41) is 7.33. The van der Waals surface area contributed by atoms with E-state index in [1.165, 1.54) is 28.8 Å². The molecular weight excluding hydrogens is 546 g/mol. The summed E-state index contributed by atoms with van der Waals surface area (Å²) >= 11 is 1.26. The normalized spacial score (nSPS) is 19.3. The zero-order valence-corrected chi connectivity index (χ0v) is 24.9. The third kappa shape index (κ3) is 5.90. The number of rotatable bonds is 6. The van der Waals surface area contributed by atoms with Crippen molar-refractivity contribution in [1.29, 1.82) is 0 Å². The smallest absolute Gasteiger partial charge is 0.240 e. The van der Waals surface area contributed by atoms with Crippen LogP contribution in [0.4, 0.5) is 14.6 Å². The van der Waals surface area contributed by atoms with E-state index in [0.717, 1.165) is 35.7 Å². The first kappa shape index (κ1) is 29.3. The average molecular weight is 583 g/mol. The highest BCUT2D eigenvalue weighted by Crippen LogP contribution is 2.49. The third-order valence-electron chi connectivity index (χ3n) is 7.70. The zero-order valence-electron chi connectivity index (χ0n) is 24.1. The standard InChI is InChI=1S/C31H36F2N4O3S/c1-18-8-6-10-24(19(18)2)37-30-27(29(35-37)31(3,4)5)28(22-12-11-20(32)14-23(22)33)41-17-26(39)36(30)16-25(38)34-15-21-9-7-13-40-21/h6,8,10-12,14,21,28H,7,9,13,15-17H2,1-5H3,(H,34,38). The molecule has 3 heterocycles. The summed E-state index contributed by atoms with van der Waals surface area (Å²) in [7, 11) is 0. The summed E-state index contributed by atoms with van der Waals surface area (Å²) in [6, 6.07) is 9.37. The lowest BCUT2D eigenvalue weighted by Gasteiger charge is -2.25. The van der Waals surface area contributed by atoms with Gasteiger partial charge in [0.1, 0.15) is 24.0 Å². The Hall–Kier alpha value is -3.24. The Kier molecular flexibility index (Phi) is 8.25. The molecule has 10 heteroatoms. The van der Waals surface area contributed by atoms with E-state index >= 15 is 4.39 Å². The van der Waals surface area contributed by atoms with Crippen LogP contribution in [0.25, 0.3) is 5.69 Å². The predicted octanol–water partition coefficient (Wildman–Crippen LogP) is 5.53. The summed E-state index contributed by atoms with van der Waals surface area (Å²) in [6.45, 7) is 10.8. The first-order valence-corrected chi connectivity index (χ1v) is 15.0. The molecule has 1 aromatic heterocycles. The molecule has 5 rings (SSSR count). The Morgan fingerprint density at radius 3 is 2.66 bits per heavy atom. The van der Waals surface area contributed by atoms with Gasteiger partial charge < -0.3 is 10.1 Å². The Balaban J connectivity index is 1.70. The minimum atomic E-state index is -0.692. The second kappa shape index (κ2) is 11.6. The highest BCUT2D eigenvalue weighted by Gasteiger charge is 2.41. The minimum absolute atomic E-state index is 0.00552. The molecule has 2 aliphatic rings. The van der Waals surface area contributed by atoms with Crippen LogP contribution in [-0.4, -0.2) is 53.1 Å². The van der Waals surface area contributed by atoms with E-state index in [1.54, 1.807) is 4.68 Å². The molecule has 0 bridgehead atoms. The van der Waals surface area contributed by atoms with Crippen molar-refractivity contribution in [2.75, 3.05) is 30.3 Å². The molecule has 7 nitrogen and oxygen atoms in total. The highest BCUT2D eigenvalue weighted by atomic mass is 32.2. The van der Waals surface area contributed by atoms with Crippen molar-refractivity contribution >= 4 is 29.4 Å². The number of amides is 2. The summed E-state index contributed by atoms with van der Waals surface area (Å²) in [5.74, 6) is -1.54. The fraction of sp³-hybridized carbons (Fsp3) is 0.452. The Bertz CT molecular complexity index is 1480. The van der Waals surface area contributed by atoms with Crippen molar-refractivity contribution in [2.24, 2.45) is 0 Å². The number of carbonyl (C=O) groups is 2. The number of hydrogen-bond acceptors (Lipinski definition) is 5. The molecule has 2 amide bonds. The van der Waals surface area contributed by atoms with Gasteiger partial charge in [0, 0.05) is 35.8 Å². The van der Waals surface area contributed by atoms with Gasteiger partial charge in [0.15, 0.2) is 0 Å². The summed E-state index contributed by atoms with van der Waals surface area (Å²) in [5.41, 5.74) is 3.86. The van der Waals surface area contributed by atoms with Crippen LogP contribution >= 0.6 is 11.8 Å². The molecule has 2 aliphatic heterocycles. The molecule has 1 N–H and O–H groups in total. The molecule has 1 saturated heterocycles. The summed E-state index contributed by atoms with van der Waals surface area (Å²) in [4.78, 5) is 28.5. The maximum atomic E-state index is 15.3. The molecular formula is C31H36F2N4O3S. The third-order valence-corrected chi connectivity index (χ3v) is 8.94. The molecule has 2 aromatic carbocycles. The second-order valence-corrected chi connectivity index (χ2v) is 12.8. The number of carbonyl (C=O) groups excluding carboxylic acids is 2. The number of halogens is 2. The Labute approximate surface area is 243 Å². The first-order valence-electron chi connectivity index (χ1n) is 13.9. The molecule has 3 aromatic rings. The molecule has 2 unspecified atom stereocenters. The number of nitrogens with zero attached hydrogens (tertiary/aromatic N) is 3.